The highest BCUT2D eigenvalue weighted by Crippen LogP contribution is 2.27. The molecule has 0 bridgehead atoms. The standard InChI is InChI=1S/C13H13BrClN3O/c14-10-2-1-9(5-11(10)15)18-8-17-6-12(18)13-7-16-3-4-19-13/h1-2,5-6,8,13,16H,3-4,7H2. The summed E-state index contributed by atoms with van der Waals surface area (Å²) >= 11 is 9.54. The summed E-state index contributed by atoms with van der Waals surface area (Å²) in [5, 5.41) is 4.00. The quantitative estimate of drug-likeness (QED) is 0.912. The fraction of sp³-hybridized carbons (Fsp3) is 0.308. The number of benzene rings is 1. The number of aromatic nitrogens is 2. The van der Waals surface area contributed by atoms with E-state index in [4.69, 9.17) is 16.3 Å². The van der Waals surface area contributed by atoms with Crippen LogP contribution in [0.15, 0.2) is 35.2 Å². The van der Waals surface area contributed by atoms with Crippen molar-refractivity contribution in [3.8, 4) is 5.69 Å². The zero-order valence-electron chi connectivity index (χ0n) is 10.1. The molecule has 19 heavy (non-hydrogen) atoms. The van der Waals surface area contributed by atoms with Crippen molar-refractivity contribution in [3.05, 3.63) is 45.9 Å². The van der Waals surface area contributed by atoms with Gasteiger partial charge in [0.15, 0.2) is 0 Å². The molecule has 4 nitrogen and oxygen atoms in total. The number of morpholine rings is 1. The number of hydrogen-bond acceptors (Lipinski definition) is 3. The fourth-order valence-corrected chi connectivity index (χ4v) is 2.57. The Labute approximate surface area is 124 Å². The molecular formula is C13H13BrClN3O. The minimum absolute atomic E-state index is 0.0265. The first-order valence-corrected chi connectivity index (χ1v) is 7.23. The average molecular weight is 343 g/mol. The third-order valence-electron chi connectivity index (χ3n) is 3.11. The number of nitrogens with zero attached hydrogens (tertiary/aromatic N) is 2. The van der Waals surface area contributed by atoms with E-state index in [1.54, 1.807) is 6.33 Å². The van der Waals surface area contributed by atoms with Gasteiger partial charge in [0.25, 0.3) is 0 Å². The molecule has 1 atom stereocenters. The van der Waals surface area contributed by atoms with Gasteiger partial charge >= 0.3 is 0 Å². The van der Waals surface area contributed by atoms with E-state index in [1.165, 1.54) is 0 Å². The molecule has 0 amide bonds. The number of nitrogens with one attached hydrogen (secondary N) is 1. The van der Waals surface area contributed by atoms with E-state index in [-0.39, 0.29) is 6.10 Å². The number of halogens is 2. The molecule has 1 fully saturated rings. The van der Waals surface area contributed by atoms with Crippen LogP contribution in [-0.2, 0) is 4.74 Å². The van der Waals surface area contributed by atoms with E-state index in [0.717, 1.165) is 35.6 Å². The highest BCUT2D eigenvalue weighted by Gasteiger charge is 2.20. The Morgan fingerprint density at radius 1 is 1.47 bits per heavy atom. The Balaban J connectivity index is 1.96. The maximum absolute atomic E-state index is 6.14. The van der Waals surface area contributed by atoms with Gasteiger partial charge in [-0.3, -0.25) is 0 Å². The molecular weight excluding hydrogens is 330 g/mol. The number of ether oxygens (including phenoxy) is 1. The van der Waals surface area contributed by atoms with E-state index < -0.39 is 0 Å². The van der Waals surface area contributed by atoms with Crippen LogP contribution in [-0.4, -0.2) is 29.2 Å². The van der Waals surface area contributed by atoms with Crippen LogP contribution in [0.3, 0.4) is 0 Å². The summed E-state index contributed by atoms with van der Waals surface area (Å²) < 4.78 is 8.67. The van der Waals surface area contributed by atoms with Crippen LogP contribution in [0.1, 0.15) is 11.8 Å². The largest absolute Gasteiger partial charge is 0.369 e. The molecule has 0 aliphatic carbocycles. The van der Waals surface area contributed by atoms with Gasteiger partial charge in [-0.25, -0.2) is 4.98 Å². The first-order chi connectivity index (χ1) is 9.25. The number of hydrogen-bond donors (Lipinski definition) is 1. The molecule has 1 unspecified atom stereocenters. The van der Waals surface area contributed by atoms with Gasteiger partial charge in [-0.1, -0.05) is 11.6 Å². The second kappa shape index (κ2) is 5.63. The molecule has 0 spiro atoms. The second-order valence-electron chi connectivity index (χ2n) is 4.35. The van der Waals surface area contributed by atoms with E-state index in [1.807, 2.05) is 29.0 Å². The van der Waals surface area contributed by atoms with Crippen molar-refractivity contribution in [1.29, 1.82) is 0 Å². The molecule has 1 aromatic heterocycles. The minimum atomic E-state index is 0.0265. The minimum Gasteiger partial charge on any atom is -0.369 e. The lowest BCUT2D eigenvalue weighted by Gasteiger charge is -2.24. The molecule has 0 radical (unpaired) electrons. The van der Waals surface area contributed by atoms with Crippen LogP contribution in [0, 0.1) is 0 Å². The van der Waals surface area contributed by atoms with E-state index in [9.17, 15) is 0 Å². The zero-order chi connectivity index (χ0) is 13.2. The maximum atomic E-state index is 6.14. The normalized spacial score (nSPS) is 19.6. The Bertz CT molecular complexity index is 581. The number of imidazole rings is 1. The van der Waals surface area contributed by atoms with Crippen LogP contribution >= 0.6 is 27.5 Å². The fourth-order valence-electron chi connectivity index (χ4n) is 2.15. The van der Waals surface area contributed by atoms with Crippen molar-refractivity contribution in [2.45, 2.75) is 6.10 Å². The monoisotopic (exact) mass is 341 g/mol. The van der Waals surface area contributed by atoms with Crippen LogP contribution in [0.2, 0.25) is 5.02 Å². The molecule has 1 aromatic carbocycles. The smallest absolute Gasteiger partial charge is 0.112 e. The SMILES string of the molecule is Clc1cc(-n2cncc2C2CNCCO2)ccc1Br. The van der Waals surface area contributed by atoms with Crippen LogP contribution < -0.4 is 5.32 Å². The first-order valence-electron chi connectivity index (χ1n) is 6.05. The van der Waals surface area contributed by atoms with Crippen molar-refractivity contribution in [1.82, 2.24) is 14.9 Å². The summed E-state index contributed by atoms with van der Waals surface area (Å²) in [6, 6.07) is 5.84. The zero-order valence-corrected chi connectivity index (χ0v) is 12.5. The van der Waals surface area contributed by atoms with Gasteiger partial charge in [-0.15, -0.1) is 0 Å². The summed E-state index contributed by atoms with van der Waals surface area (Å²) in [6.45, 7) is 2.42. The summed E-state index contributed by atoms with van der Waals surface area (Å²) in [5.41, 5.74) is 2.01. The lowest BCUT2D eigenvalue weighted by molar-refractivity contribution is 0.0240. The molecule has 0 saturated carbocycles. The topological polar surface area (TPSA) is 39.1 Å². The second-order valence-corrected chi connectivity index (χ2v) is 5.61. The highest BCUT2D eigenvalue weighted by molar-refractivity contribution is 9.10. The Morgan fingerprint density at radius 2 is 2.37 bits per heavy atom. The van der Waals surface area contributed by atoms with Gasteiger partial charge in [-0.2, -0.15) is 0 Å². The molecule has 6 heteroatoms. The van der Waals surface area contributed by atoms with Crippen molar-refractivity contribution >= 4 is 27.5 Å². The van der Waals surface area contributed by atoms with Gasteiger partial charge in [0, 0.05) is 23.2 Å². The molecule has 2 aromatic rings. The van der Waals surface area contributed by atoms with Gasteiger partial charge in [0.2, 0.25) is 0 Å². The Hall–Kier alpha value is -0.880. The third-order valence-corrected chi connectivity index (χ3v) is 4.34. The molecule has 2 heterocycles. The summed E-state index contributed by atoms with van der Waals surface area (Å²) in [5.74, 6) is 0. The molecule has 1 aliphatic rings. The summed E-state index contributed by atoms with van der Waals surface area (Å²) in [4.78, 5) is 4.23. The molecule has 1 saturated heterocycles. The van der Waals surface area contributed by atoms with Crippen molar-refractivity contribution in [2.24, 2.45) is 0 Å². The molecule has 3 rings (SSSR count). The predicted octanol–water partition coefficient (Wildman–Crippen LogP) is 2.95. The lowest BCUT2D eigenvalue weighted by atomic mass is 10.2. The van der Waals surface area contributed by atoms with E-state index in [2.05, 4.69) is 26.2 Å². The predicted molar refractivity (Wildman–Crippen MR) is 77.8 cm³/mol. The van der Waals surface area contributed by atoms with Crippen molar-refractivity contribution in [2.75, 3.05) is 19.7 Å². The van der Waals surface area contributed by atoms with Gasteiger partial charge in [0.05, 0.1) is 29.8 Å². The van der Waals surface area contributed by atoms with E-state index in [0.29, 0.717) is 5.02 Å². The van der Waals surface area contributed by atoms with Crippen LogP contribution in [0.4, 0.5) is 0 Å². The van der Waals surface area contributed by atoms with Gasteiger partial charge in [-0.05, 0) is 34.1 Å². The van der Waals surface area contributed by atoms with Crippen molar-refractivity contribution in [3.63, 3.8) is 0 Å². The maximum Gasteiger partial charge on any atom is 0.112 e. The van der Waals surface area contributed by atoms with Gasteiger partial charge < -0.3 is 14.6 Å². The average Bonchev–Trinajstić information content (AvgIpc) is 2.92. The summed E-state index contributed by atoms with van der Waals surface area (Å²) in [6.07, 6.45) is 3.65. The van der Waals surface area contributed by atoms with Gasteiger partial charge in [0.1, 0.15) is 6.10 Å². The van der Waals surface area contributed by atoms with Crippen molar-refractivity contribution < 1.29 is 4.74 Å². The molecule has 1 N–H and O–H groups in total. The van der Waals surface area contributed by atoms with Crippen LogP contribution in [0.5, 0.6) is 0 Å². The van der Waals surface area contributed by atoms with Crippen LogP contribution in [0.25, 0.3) is 5.69 Å². The van der Waals surface area contributed by atoms with E-state index >= 15 is 0 Å². The lowest BCUT2D eigenvalue weighted by Crippen LogP contribution is -2.34. The Kier molecular flexibility index (Phi) is 3.88. The molecule has 100 valence electrons. The number of rotatable bonds is 2. The third kappa shape index (κ3) is 2.69. The molecule has 1 aliphatic heterocycles. The summed E-state index contributed by atoms with van der Waals surface area (Å²) in [7, 11) is 0. The first kappa shape index (κ1) is 13.1. The highest BCUT2D eigenvalue weighted by atomic mass is 79.9. The Morgan fingerprint density at radius 3 is 3.11 bits per heavy atom.